The third-order valence-electron chi connectivity index (χ3n) is 4.74. The summed E-state index contributed by atoms with van der Waals surface area (Å²) >= 11 is 0. The molecule has 0 aliphatic carbocycles. The van der Waals surface area contributed by atoms with Crippen LogP contribution in [0.25, 0.3) is 11.1 Å². The Morgan fingerprint density at radius 2 is 2.00 bits per heavy atom. The van der Waals surface area contributed by atoms with Crippen LogP contribution in [0.15, 0.2) is 48.5 Å². The van der Waals surface area contributed by atoms with Gasteiger partial charge in [-0.15, -0.1) is 0 Å². The summed E-state index contributed by atoms with van der Waals surface area (Å²) < 4.78 is 18.2. The predicted molar refractivity (Wildman–Crippen MR) is 93.6 cm³/mol. The van der Waals surface area contributed by atoms with E-state index in [0.29, 0.717) is 0 Å². The summed E-state index contributed by atoms with van der Waals surface area (Å²) in [5.74, 6) is -0.888. The first kappa shape index (κ1) is 18.1. The zero-order valence-electron chi connectivity index (χ0n) is 14.3. The molecule has 0 radical (unpaired) electrons. The second-order valence-electron chi connectivity index (χ2n) is 6.22. The fourth-order valence-electron chi connectivity index (χ4n) is 3.51. The van der Waals surface area contributed by atoms with Gasteiger partial charge in [0.25, 0.3) is 0 Å². The van der Waals surface area contributed by atoms with Crippen molar-refractivity contribution in [1.29, 1.82) is 5.26 Å². The summed E-state index contributed by atoms with van der Waals surface area (Å²) in [6.07, 6.45) is 0. The Balaban J connectivity index is 1.84. The molecule has 26 heavy (non-hydrogen) atoms. The van der Waals surface area contributed by atoms with Crippen molar-refractivity contribution >= 4 is 5.91 Å². The van der Waals surface area contributed by atoms with Crippen molar-refractivity contribution < 1.29 is 19.0 Å². The molecule has 0 saturated carbocycles. The van der Waals surface area contributed by atoms with E-state index in [1.807, 2.05) is 30.3 Å². The molecular weight excluding hydrogens is 335 g/mol. The highest BCUT2D eigenvalue weighted by atomic mass is 19.1. The molecule has 1 heterocycles. The van der Waals surface area contributed by atoms with E-state index in [4.69, 9.17) is 4.74 Å². The SMILES string of the molecule is COCC(=O)N1[C@H](CO)[C@@H](c2ccc(-c3cccc(F)c3)cc2)[C@@H]1C#N. The fraction of sp³-hybridized carbons (Fsp3) is 0.300. The first-order chi connectivity index (χ1) is 12.6. The van der Waals surface area contributed by atoms with Crippen molar-refractivity contribution in [1.82, 2.24) is 4.90 Å². The summed E-state index contributed by atoms with van der Waals surface area (Å²) in [5.41, 5.74) is 2.48. The molecule has 3 atom stereocenters. The maximum absolute atomic E-state index is 13.4. The van der Waals surface area contributed by atoms with Crippen molar-refractivity contribution in [2.45, 2.75) is 18.0 Å². The summed E-state index contributed by atoms with van der Waals surface area (Å²) in [6, 6.07) is 14.8. The normalized spacial score (nSPS) is 21.8. The van der Waals surface area contributed by atoms with Crippen LogP contribution < -0.4 is 0 Å². The highest BCUT2D eigenvalue weighted by molar-refractivity contribution is 5.80. The highest BCUT2D eigenvalue weighted by Gasteiger charge is 2.51. The average molecular weight is 354 g/mol. The Hall–Kier alpha value is -2.75. The topological polar surface area (TPSA) is 73.6 Å². The monoisotopic (exact) mass is 354 g/mol. The fourth-order valence-corrected chi connectivity index (χ4v) is 3.51. The molecule has 1 aliphatic rings. The van der Waals surface area contributed by atoms with Gasteiger partial charge in [0, 0.05) is 13.0 Å². The smallest absolute Gasteiger partial charge is 0.249 e. The van der Waals surface area contributed by atoms with E-state index in [9.17, 15) is 19.6 Å². The lowest BCUT2D eigenvalue weighted by Crippen LogP contribution is -2.65. The molecule has 1 aliphatic heterocycles. The van der Waals surface area contributed by atoms with E-state index in [-0.39, 0.29) is 30.9 Å². The lowest BCUT2D eigenvalue weighted by Gasteiger charge is -2.51. The number of halogens is 1. The molecule has 6 heteroatoms. The van der Waals surface area contributed by atoms with Crippen LogP contribution >= 0.6 is 0 Å². The lowest BCUT2D eigenvalue weighted by molar-refractivity contribution is -0.150. The summed E-state index contributed by atoms with van der Waals surface area (Å²) in [6.45, 7) is -0.357. The number of aliphatic hydroxyl groups is 1. The van der Waals surface area contributed by atoms with Gasteiger partial charge in [0.15, 0.2) is 0 Å². The summed E-state index contributed by atoms with van der Waals surface area (Å²) in [7, 11) is 1.41. The number of carbonyl (C=O) groups excluding carboxylic acids is 1. The minimum atomic E-state index is -0.644. The molecule has 5 nitrogen and oxygen atoms in total. The largest absolute Gasteiger partial charge is 0.394 e. The van der Waals surface area contributed by atoms with Gasteiger partial charge >= 0.3 is 0 Å². The zero-order chi connectivity index (χ0) is 18.7. The molecule has 0 bridgehead atoms. The zero-order valence-corrected chi connectivity index (χ0v) is 14.3. The van der Waals surface area contributed by atoms with Crippen LogP contribution in [0.5, 0.6) is 0 Å². The number of amides is 1. The van der Waals surface area contributed by atoms with Gasteiger partial charge in [-0.25, -0.2) is 4.39 Å². The minimum Gasteiger partial charge on any atom is -0.394 e. The average Bonchev–Trinajstić information content (AvgIpc) is 2.62. The van der Waals surface area contributed by atoms with Crippen LogP contribution in [0.2, 0.25) is 0 Å². The third-order valence-corrected chi connectivity index (χ3v) is 4.74. The van der Waals surface area contributed by atoms with E-state index < -0.39 is 12.1 Å². The molecule has 1 saturated heterocycles. The number of nitriles is 1. The summed E-state index contributed by atoms with van der Waals surface area (Å²) in [5, 5.41) is 19.2. The van der Waals surface area contributed by atoms with Gasteiger partial charge in [-0.2, -0.15) is 5.26 Å². The van der Waals surface area contributed by atoms with Crippen molar-refractivity contribution in [3.8, 4) is 17.2 Å². The molecule has 3 rings (SSSR count). The van der Waals surface area contributed by atoms with Gasteiger partial charge in [-0.1, -0.05) is 36.4 Å². The molecule has 0 unspecified atom stereocenters. The minimum absolute atomic E-state index is 0.125. The highest BCUT2D eigenvalue weighted by Crippen LogP contribution is 2.40. The van der Waals surface area contributed by atoms with E-state index in [2.05, 4.69) is 6.07 Å². The Kier molecular flexibility index (Phi) is 5.31. The number of carbonyl (C=O) groups is 1. The van der Waals surface area contributed by atoms with Gasteiger partial charge in [-0.3, -0.25) is 4.79 Å². The predicted octanol–water partition coefficient (Wildman–Crippen LogP) is 2.32. The van der Waals surface area contributed by atoms with Gasteiger partial charge in [0.05, 0.1) is 18.7 Å². The van der Waals surface area contributed by atoms with Crippen LogP contribution in [0.1, 0.15) is 11.5 Å². The first-order valence-electron chi connectivity index (χ1n) is 8.27. The number of aliphatic hydroxyl groups excluding tert-OH is 1. The van der Waals surface area contributed by atoms with Crippen LogP contribution in [-0.4, -0.2) is 48.3 Å². The molecule has 2 aromatic rings. The van der Waals surface area contributed by atoms with Gasteiger partial charge < -0.3 is 14.7 Å². The second kappa shape index (κ2) is 7.65. The number of nitrogens with zero attached hydrogens (tertiary/aromatic N) is 2. The van der Waals surface area contributed by atoms with Crippen molar-refractivity contribution in [3.63, 3.8) is 0 Å². The Bertz CT molecular complexity index is 832. The molecule has 0 aromatic heterocycles. The van der Waals surface area contributed by atoms with E-state index in [0.717, 1.165) is 16.7 Å². The van der Waals surface area contributed by atoms with Crippen LogP contribution in [-0.2, 0) is 9.53 Å². The maximum Gasteiger partial charge on any atom is 0.249 e. The van der Waals surface area contributed by atoms with Crippen LogP contribution in [0.4, 0.5) is 4.39 Å². The number of ether oxygens (including phenoxy) is 1. The Morgan fingerprint density at radius 1 is 1.27 bits per heavy atom. The molecule has 1 fully saturated rings. The molecule has 1 N–H and O–H groups in total. The molecular formula is C20H19FN2O3. The van der Waals surface area contributed by atoms with Gasteiger partial charge in [-0.05, 0) is 28.8 Å². The molecule has 1 amide bonds. The second-order valence-corrected chi connectivity index (χ2v) is 6.22. The Morgan fingerprint density at radius 3 is 2.58 bits per heavy atom. The summed E-state index contributed by atoms with van der Waals surface area (Å²) in [4.78, 5) is 13.5. The standard InChI is InChI=1S/C20H19FN2O3/c1-26-12-19(25)23-17(10-22)20(18(23)11-24)14-7-5-13(6-8-14)15-3-2-4-16(21)9-15/h2-9,17-18,20,24H,11-12H2,1H3/t17-,18+,20-/m0/s1. The van der Waals surface area contributed by atoms with E-state index in [1.165, 1.54) is 24.1 Å². The maximum atomic E-state index is 13.4. The number of methoxy groups -OCH3 is 1. The van der Waals surface area contributed by atoms with E-state index >= 15 is 0 Å². The quantitative estimate of drug-likeness (QED) is 0.894. The van der Waals surface area contributed by atoms with Crippen LogP contribution in [0.3, 0.4) is 0 Å². The van der Waals surface area contributed by atoms with Gasteiger partial charge in [0.2, 0.25) is 5.91 Å². The molecule has 2 aromatic carbocycles. The Labute approximate surface area is 151 Å². The lowest BCUT2D eigenvalue weighted by atomic mass is 9.75. The van der Waals surface area contributed by atoms with Crippen molar-refractivity contribution in [3.05, 3.63) is 59.9 Å². The molecule has 134 valence electrons. The number of rotatable bonds is 5. The van der Waals surface area contributed by atoms with Crippen LogP contribution in [0, 0.1) is 17.1 Å². The van der Waals surface area contributed by atoms with Crippen molar-refractivity contribution in [2.75, 3.05) is 20.3 Å². The van der Waals surface area contributed by atoms with E-state index in [1.54, 1.807) is 6.07 Å². The first-order valence-corrected chi connectivity index (χ1v) is 8.27. The number of hydrogen-bond acceptors (Lipinski definition) is 4. The van der Waals surface area contributed by atoms with Crippen molar-refractivity contribution in [2.24, 2.45) is 0 Å². The van der Waals surface area contributed by atoms with Gasteiger partial charge in [0.1, 0.15) is 18.5 Å². The number of likely N-dealkylation sites (tertiary alicyclic amines) is 1. The number of benzene rings is 2. The number of hydrogen-bond donors (Lipinski definition) is 1. The molecule has 0 spiro atoms. The third kappa shape index (κ3) is 3.19.